The van der Waals surface area contributed by atoms with Gasteiger partial charge in [0.15, 0.2) is 0 Å². The Morgan fingerprint density at radius 1 is 1.56 bits per heavy atom. The number of carbonyl (C=O) groups is 1. The second-order valence-electron chi connectivity index (χ2n) is 2.74. The van der Waals surface area contributed by atoms with Crippen molar-refractivity contribution in [2.75, 3.05) is 6.61 Å². The summed E-state index contributed by atoms with van der Waals surface area (Å²) in [7, 11) is 0. The van der Waals surface area contributed by atoms with Crippen LogP contribution in [0, 0.1) is 0 Å². The molecule has 0 amide bonds. The summed E-state index contributed by atoms with van der Waals surface area (Å²) in [4.78, 5) is 10.4. The van der Waals surface area contributed by atoms with E-state index in [1.165, 1.54) is 10.5 Å². The van der Waals surface area contributed by atoms with Crippen LogP contribution in [0.1, 0.15) is 0 Å². The third-order valence-electron chi connectivity index (χ3n) is 0.998. The summed E-state index contributed by atoms with van der Waals surface area (Å²) in [6.45, 7) is -0.159. The number of rotatable bonds is 0. The molecule has 0 radical (unpaired) electrons. The van der Waals surface area contributed by atoms with Gasteiger partial charge in [0.05, 0.1) is 0 Å². The van der Waals surface area contributed by atoms with E-state index in [1.807, 2.05) is 0 Å². The fourth-order valence-electron chi connectivity index (χ4n) is 0.642. The Kier molecular flexibility index (Phi) is 1.18. The summed E-state index contributed by atoms with van der Waals surface area (Å²) in [6.07, 6.45) is 0. The van der Waals surface area contributed by atoms with Crippen molar-refractivity contribution in [3.63, 3.8) is 0 Å². The molecule has 0 spiro atoms. The van der Waals surface area contributed by atoms with E-state index in [-0.39, 0.29) is 6.61 Å². The Morgan fingerprint density at radius 3 is 2.22 bits per heavy atom. The monoisotopic (exact) mass is 168 g/mol. The zero-order chi connectivity index (χ0) is 7.15. The Labute approximate surface area is 54.3 Å². The third-order valence-corrected chi connectivity index (χ3v) is 3.75. The van der Waals surface area contributed by atoms with E-state index >= 15 is 0 Å². The van der Waals surface area contributed by atoms with E-state index < -0.39 is 22.0 Å². The van der Waals surface area contributed by atoms with Crippen molar-refractivity contribution < 1.29 is 30.8 Å². The van der Waals surface area contributed by atoms with E-state index in [9.17, 15) is 8.12 Å². The molecule has 1 heterocycles. The molecule has 52 valence electrons. The minimum absolute atomic E-state index is 0.159. The zero-order valence-corrected chi connectivity index (χ0v) is 6.90. The van der Waals surface area contributed by atoms with Gasteiger partial charge in [-0.1, -0.05) is 0 Å². The number of hydrogen-bond donors (Lipinski definition) is 0. The van der Waals surface area contributed by atoms with Crippen LogP contribution < -0.4 is 0 Å². The van der Waals surface area contributed by atoms with Gasteiger partial charge in [-0.3, -0.25) is 0 Å². The Balaban J connectivity index is 2.92. The van der Waals surface area contributed by atoms with Gasteiger partial charge in [0.25, 0.3) is 0 Å². The summed E-state index contributed by atoms with van der Waals surface area (Å²) >= 11 is -4.28. The van der Waals surface area contributed by atoms with Gasteiger partial charge in [-0.15, -0.1) is 0 Å². The quantitative estimate of drug-likeness (QED) is 0.494. The summed E-state index contributed by atoms with van der Waals surface area (Å²) in [6, 6.07) is 0. The molecular weight excluding hydrogens is 160 g/mol. The minimum atomic E-state index is -4.28. The maximum atomic E-state index is 11.2. The molecular formula is C4H8O4Ti. The zero-order valence-electron chi connectivity index (χ0n) is 5.34. The molecule has 5 heteroatoms. The van der Waals surface area contributed by atoms with Crippen LogP contribution in [0.3, 0.4) is 0 Å². The van der Waals surface area contributed by atoms with Crippen molar-refractivity contribution in [1.29, 1.82) is 0 Å². The molecule has 0 saturated carbocycles. The average molecular weight is 168 g/mol. The van der Waals surface area contributed by atoms with Crippen LogP contribution in [0.25, 0.3) is 0 Å². The molecule has 0 atom stereocenters. The molecule has 1 saturated heterocycles. The topological polar surface area (TPSA) is 52.6 Å². The van der Waals surface area contributed by atoms with Crippen molar-refractivity contribution in [3.05, 3.63) is 0 Å². The van der Waals surface area contributed by atoms with Gasteiger partial charge >= 0.3 is 53.8 Å². The predicted octanol–water partition coefficient (Wildman–Crippen LogP) is 0.521. The second-order valence-corrected chi connectivity index (χ2v) is 9.67. The molecule has 0 unspecified atom stereocenters. The first kappa shape index (κ1) is 7.06. The fourth-order valence-corrected chi connectivity index (χ4v) is 2.65. The van der Waals surface area contributed by atoms with Crippen molar-refractivity contribution in [2.24, 2.45) is 0 Å². The SMILES string of the molecule is [CH3][Ti]1([CH3])(=[O])[O]CC(=O)[O]1. The number of carbonyl (C=O) groups excluding carboxylic acids is 1. The molecule has 1 fully saturated rings. The maximum absolute atomic E-state index is 11.2. The average Bonchev–Trinajstić information content (AvgIpc) is 1.78. The molecule has 0 bridgehead atoms. The predicted molar refractivity (Wildman–Crippen MR) is 24.5 cm³/mol. The van der Waals surface area contributed by atoms with Crippen molar-refractivity contribution >= 4 is 5.97 Å². The van der Waals surface area contributed by atoms with E-state index in [4.69, 9.17) is 3.32 Å². The first-order chi connectivity index (χ1) is 3.87. The van der Waals surface area contributed by atoms with Crippen LogP contribution in [0.2, 0.25) is 10.5 Å². The molecule has 4 nitrogen and oxygen atoms in total. The molecule has 0 aliphatic carbocycles. The fraction of sp³-hybridized carbons (Fsp3) is 0.750. The van der Waals surface area contributed by atoms with Crippen LogP contribution >= 0.6 is 0 Å². The summed E-state index contributed by atoms with van der Waals surface area (Å²) in [5, 5.41) is 2.73. The van der Waals surface area contributed by atoms with E-state index in [0.717, 1.165) is 0 Å². The van der Waals surface area contributed by atoms with Crippen LogP contribution in [0.15, 0.2) is 0 Å². The van der Waals surface area contributed by atoms with Crippen LogP contribution in [0.4, 0.5) is 0 Å². The molecule has 0 aromatic carbocycles. The van der Waals surface area contributed by atoms with Crippen molar-refractivity contribution in [2.45, 2.75) is 10.5 Å². The molecule has 1 aliphatic rings. The Morgan fingerprint density at radius 2 is 2.11 bits per heavy atom. The van der Waals surface area contributed by atoms with Crippen molar-refractivity contribution in [3.8, 4) is 0 Å². The standard InChI is InChI=1S/C2H3O3.2CH3.O.Ti/c3-1-2(4)5;;;;/h1H2,(H,4,5);2*1H3;;/q-1;;;;+2/p-1. The van der Waals surface area contributed by atoms with E-state index in [1.54, 1.807) is 0 Å². The van der Waals surface area contributed by atoms with Gasteiger partial charge in [0.1, 0.15) is 0 Å². The van der Waals surface area contributed by atoms with Crippen LogP contribution in [-0.2, 0) is 30.8 Å². The first-order valence-electron chi connectivity index (χ1n) is 2.66. The third kappa shape index (κ3) is 1.68. The Hall–Kier alpha value is -0.0557. The van der Waals surface area contributed by atoms with E-state index in [2.05, 4.69) is 3.32 Å². The summed E-state index contributed by atoms with van der Waals surface area (Å²) < 4.78 is 20.4. The van der Waals surface area contributed by atoms with Crippen LogP contribution in [-0.4, -0.2) is 12.6 Å². The van der Waals surface area contributed by atoms with Gasteiger partial charge in [-0.05, 0) is 0 Å². The molecule has 0 aromatic heterocycles. The first-order valence-corrected chi connectivity index (χ1v) is 7.70. The molecule has 0 N–H and O–H groups in total. The summed E-state index contributed by atoms with van der Waals surface area (Å²) in [5.41, 5.74) is 0. The molecule has 1 rings (SSSR count). The van der Waals surface area contributed by atoms with Gasteiger partial charge in [0.2, 0.25) is 0 Å². The van der Waals surface area contributed by atoms with Gasteiger partial charge < -0.3 is 0 Å². The number of hydrogen-bond acceptors (Lipinski definition) is 4. The molecule has 0 aromatic rings. The normalized spacial score (nSPS) is 28.9. The van der Waals surface area contributed by atoms with Crippen molar-refractivity contribution in [1.82, 2.24) is 0 Å². The van der Waals surface area contributed by atoms with Gasteiger partial charge in [-0.2, -0.15) is 0 Å². The Bertz CT molecular complexity index is 213. The van der Waals surface area contributed by atoms with Gasteiger partial charge in [-0.25, -0.2) is 0 Å². The summed E-state index contributed by atoms with van der Waals surface area (Å²) in [5.74, 6) is -0.521. The second kappa shape index (κ2) is 1.51. The van der Waals surface area contributed by atoms with E-state index in [0.29, 0.717) is 0 Å². The van der Waals surface area contributed by atoms with Crippen LogP contribution in [0.5, 0.6) is 0 Å². The van der Waals surface area contributed by atoms with Gasteiger partial charge in [0, 0.05) is 0 Å². The molecule has 1 aliphatic heterocycles. The molecule has 9 heavy (non-hydrogen) atoms.